The van der Waals surface area contributed by atoms with Gasteiger partial charge in [-0.25, -0.2) is 4.79 Å². The predicted octanol–water partition coefficient (Wildman–Crippen LogP) is 2.31. The van der Waals surface area contributed by atoms with E-state index in [2.05, 4.69) is 18.7 Å². The van der Waals surface area contributed by atoms with E-state index in [1.807, 2.05) is 19.1 Å². The van der Waals surface area contributed by atoms with Gasteiger partial charge in [0.25, 0.3) is 0 Å². The van der Waals surface area contributed by atoms with Gasteiger partial charge in [-0.1, -0.05) is 0 Å². The van der Waals surface area contributed by atoms with Gasteiger partial charge >= 0.3 is 5.97 Å². The molecule has 1 heterocycles. The summed E-state index contributed by atoms with van der Waals surface area (Å²) in [6, 6.07) is 5.49. The number of benzene rings is 1. The Balaban J connectivity index is 2.23. The Morgan fingerprint density at radius 2 is 1.94 bits per heavy atom. The Bertz CT molecular complexity index is 448. The van der Waals surface area contributed by atoms with E-state index in [1.54, 1.807) is 6.07 Å². The molecule has 0 aliphatic carbocycles. The van der Waals surface area contributed by atoms with Crippen LogP contribution in [0.25, 0.3) is 0 Å². The van der Waals surface area contributed by atoms with Gasteiger partial charge in [0.15, 0.2) is 0 Å². The zero-order valence-corrected chi connectivity index (χ0v) is 11.0. The molecule has 1 aromatic carbocycles. The molecule has 4 nitrogen and oxygen atoms in total. The lowest BCUT2D eigenvalue weighted by Crippen LogP contribution is -2.45. The second-order valence-electron chi connectivity index (χ2n) is 4.97. The molecule has 0 saturated carbocycles. The standard InChI is InChI=1S/C14H19NO3/c1-9-6-12(4-5-13(9)14(16)17)15-7-10(2)18-11(3)8-15/h4-6,10-11H,7-8H2,1-3H3,(H,16,17). The number of hydrogen-bond donors (Lipinski definition) is 1. The molecule has 0 amide bonds. The molecular formula is C14H19NO3. The lowest BCUT2D eigenvalue weighted by Gasteiger charge is -2.37. The van der Waals surface area contributed by atoms with Crippen molar-refractivity contribution in [3.63, 3.8) is 0 Å². The molecule has 18 heavy (non-hydrogen) atoms. The number of nitrogens with zero attached hydrogens (tertiary/aromatic N) is 1. The van der Waals surface area contributed by atoms with Gasteiger partial charge in [-0.15, -0.1) is 0 Å². The fourth-order valence-electron chi connectivity index (χ4n) is 2.47. The van der Waals surface area contributed by atoms with Gasteiger partial charge in [0.05, 0.1) is 17.8 Å². The maximum atomic E-state index is 11.0. The fourth-order valence-corrected chi connectivity index (χ4v) is 2.47. The van der Waals surface area contributed by atoms with Gasteiger partial charge in [0.2, 0.25) is 0 Å². The molecule has 1 aliphatic heterocycles. The monoisotopic (exact) mass is 249 g/mol. The molecule has 1 aromatic rings. The molecule has 0 aromatic heterocycles. The summed E-state index contributed by atoms with van der Waals surface area (Å²) in [5.41, 5.74) is 2.24. The first-order valence-corrected chi connectivity index (χ1v) is 6.21. The molecule has 2 atom stereocenters. The summed E-state index contributed by atoms with van der Waals surface area (Å²) < 4.78 is 5.69. The molecule has 1 aliphatic rings. The number of rotatable bonds is 2. The Morgan fingerprint density at radius 1 is 1.33 bits per heavy atom. The SMILES string of the molecule is Cc1cc(N2CC(C)OC(C)C2)ccc1C(=O)O. The van der Waals surface area contributed by atoms with E-state index < -0.39 is 5.97 Å². The topological polar surface area (TPSA) is 49.8 Å². The van der Waals surface area contributed by atoms with Crippen LogP contribution in [0.5, 0.6) is 0 Å². The van der Waals surface area contributed by atoms with Crippen molar-refractivity contribution in [3.05, 3.63) is 29.3 Å². The third kappa shape index (κ3) is 2.64. The summed E-state index contributed by atoms with van der Waals surface area (Å²) in [5, 5.41) is 9.02. The summed E-state index contributed by atoms with van der Waals surface area (Å²) in [5.74, 6) is -0.872. The van der Waals surface area contributed by atoms with Crippen LogP contribution in [0, 0.1) is 6.92 Å². The maximum Gasteiger partial charge on any atom is 0.335 e. The van der Waals surface area contributed by atoms with Crippen LogP contribution in [0.2, 0.25) is 0 Å². The second kappa shape index (κ2) is 4.98. The van der Waals surface area contributed by atoms with Crippen LogP contribution in [0.1, 0.15) is 29.8 Å². The van der Waals surface area contributed by atoms with Gasteiger partial charge in [0.1, 0.15) is 0 Å². The van der Waals surface area contributed by atoms with Crippen LogP contribution in [0.4, 0.5) is 5.69 Å². The van der Waals surface area contributed by atoms with Gasteiger partial charge in [-0.3, -0.25) is 0 Å². The minimum Gasteiger partial charge on any atom is -0.478 e. The third-order valence-corrected chi connectivity index (χ3v) is 3.23. The molecule has 1 saturated heterocycles. The summed E-state index contributed by atoms with van der Waals surface area (Å²) >= 11 is 0. The highest BCUT2D eigenvalue weighted by Crippen LogP contribution is 2.23. The predicted molar refractivity (Wildman–Crippen MR) is 70.4 cm³/mol. The highest BCUT2D eigenvalue weighted by Gasteiger charge is 2.22. The average Bonchev–Trinajstić information content (AvgIpc) is 2.26. The summed E-state index contributed by atoms with van der Waals surface area (Å²) in [7, 11) is 0. The van der Waals surface area contributed by atoms with Crippen LogP contribution in [-0.4, -0.2) is 36.4 Å². The van der Waals surface area contributed by atoms with Crippen LogP contribution in [0.15, 0.2) is 18.2 Å². The number of ether oxygens (including phenoxy) is 1. The quantitative estimate of drug-likeness (QED) is 0.873. The third-order valence-electron chi connectivity index (χ3n) is 3.23. The molecule has 4 heteroatoms. The lowest BCUT2D eigenvalue weighted by atomic mass is 10.1. The Labute approximate surface area is 107 Å². The molecule has 98 valence electrons. The molecule has 0 bridgehead atoms. The van der Waals surface area contributed by atoms with E-state index >= 15 is 0 Å². The number of anilines is 1. The first kappa shape index (κ1) is 12.9. The fraction of sp³-hybridized carbons (Fsp3) is 0.500. The Kier molecular flexibility index (Phi) is 3.57. The minimum absolute atomic E-state index is 0.202. The number of carboxylic acid groups (broad SMARTS) is 1. The van der Waals surface area contributed by atoms with Crippen molar-refractivity contribution in [1.29, 1.82) is 0 Å². The Hall–Kier alpha value is -1.55. The van der Waals surface area contributed by atoms with E-state index in [1.165, 1.54) is 0 Å². The van der Waals surface area contributed by atoms with E-state index in [9.17, 15) is 4.79 Å². The molecular weight excluding hydrogens is 230 g/mol. The lowest BCUT2D eigenvalue weighted by molar-refractivity contribution is -0.00522. The van der Waals surface area contributed by atoms with Gasteiger partial charge in [0, 0.05) is 18.8 Å². The smallest absolute Gasteiger partial charge is 0.335 e. The van der Waals surface area contributed by atoms with Crippen LogP contribution in [0.3, 0.4) is 0 Å². The second-order valence-corrected chi connectivity index (χ2v) is 4.97. The number of carbonyl (C=O) groups is 1. The highest BCUT2D eigenvalue weighted by atomic mass is 16.5. The zero-order chi connectivity index (χ0) is 13.3. The number of carboxylic acids is 1. The van der Waals surface area contributed by atoms with Crippen molar-refractivity contribution < 1.29 is 14.6 Å². The molecule has 0 spiro atoms. The largest absolute Gasteiger partial charge is 0.478 e. The van der Waals surface area contributed by atoms with Crippen LogP contribution < -0.4 is 4.90 Å². The number of aromatic carboxylic acids is 1. The highest BCUT2D eigenvalue weighted by molar-refractivity contribution is 5.89. The van der Waals surface area contributed by atoms with Crippen molar-refractivity contribution in [2.75, 3.05) is 18.0 Å². The first-order valence-electron chi connectivity index (χ1n) is 6.21. The zero-order valence-electron chi connectivity index (χ0n) is 11.0. The molecule has 1 N–H and O–H groups in total. The van der Waals surface area contributed by atoms with E-state index in [4.69, 9.17) is 9.84 Å². The molecule has 2 rings (SSSR count). The van der Waals surface area contributed by atoms with E-state index in [0.717, 1.165) is 24.3 Å². The van der Waals surface area contributed by atoms with Crippen molar-refractivity contribution >= 4 is 11.7 Å². The molecule has 1 fully saturated rings. The van der Waals surface area contributed by atoms with Crippen molar-refractivity contribution in [2.24, 2.45) is 0 Å². The van der Waals surface area contributed by atoms with Gasteiger partial charge in [-0.2, -0.15) is 0 Å². The van der Waals surface area contributed by atoms with Crippen molar-refractivity contribution in [1.82, 2.24) is 0 Å². The van der Waals surface area contributed by atoms with E-state index in [-0.39, 0.29) is 12.2 Å². The maximum absolute atomic E-state index is 11.0. The first-order chi connectivity index (χ1) is 8.47. The normalized spacial score (nSPS) is 24.1. The Morgan fingerprint density at radius 3 is 2.44 bits per heavy atom. The van der Waals surface area contributed by atoms with Gasteiger partial charge in [-0.05, 0) is 44.5 Å². The summed E-state index contributed by atoms with van der Waals surface area (Å²) in [6.45, 7) is 7.63. The van der Waals surface area contributed by atoms with Gasteiger partial charge < -0.3 is 14.7 Å². The number of aryl methyl sites for hydroxylation is 1. The number of hydrogen-bond acceptors (Lipinski definition) is 3. The van der Waals surface area contributed by atoms with Crippen LogP contribution in [-0.2, 0) is 4.74 Å². The van der Waals surface area contributed by atoms with Crippen molar-refractivity contribution in [3.8, 4) is 0 Å². The van der Waals surface area contributed by atoms with E-state index in [0.29, 0.717) is 5.56 Å². The molecule has 2 unspecified atom stereocenters. The number of morpholine rings is 1. The van der Waals surface area contributed by atoms with Crippen LogP contribution >= 0.6 is 0 Å². The van der Waals surface area contributed by atoms with Crippen molar-refractivity contribution in [2.45, 2.75) is 33.0 Å². The minimum atomic E-state index is -0.872. The molecule has 0 radical (unpaired) electrons. The summed E-state index contributed by atoms with van der Waals surface area (Å²) in [4.78, 5) is 13.2. The average molecular weight is 249 g/mol. The summed E-state index contributed by atoms with van der Waals surface area (Å²) in [6.07, 6.45) is 0.404.